The van der Waals surface area contributed by atoms with Gasteiger partial charge in [0.05, 0.1) is 22.3 Å². The predicted octanol–water partition coefficient (Wildman–Crippen LogP) is 3.38. The van der Waals surface area contributed by atoms with E-state index in [-0.39, 0.29) is 11.9 Å². The molecule has 4 rings (SSSR count). The number of benzene rings is 1. The third-order valence-corrected chi connectivity index (χ3v) is 5.17. The average molecular weight is 364 g/mol. The molecule has 1 aliphatic heterocycles. The van der Waals surface area contributed by atoms with Crippen LogP contribution in [0.5, 0.6) is 0 Å². The van der Waals surface area contributed by atoms with Gasteiger partial charge in [-0.2, -0.15) is 0 Å². The maximum absolute atomic E-state index is 13.1. The molecule has 0 spiro atoms. The lowest BCUT2D eigenvalue weighted by molar-refractivity contribution is 0.0927. The molecule has 3 heterocycles. The van der Waals surface area contributed by atoms with E-state index in [4.69, 9.17) is 4.52 Å². The third-order valence-electron chi connectivity index (χ3n) is 5.17. The minimum absolute atomic E-state index is 0.0961. The number of nitrogens with zero attached hydrogens (tertiary/aromatic N) is 2. The molecule has 1 amide bonds. The van der Waals surface area contributed by atoms with E-state index in [2.05, 4.69) is 27.7 Å². The number of piperidine rings is 1. The first-order chi connectivity index (χ1) is 13.0. The highest BCUT2D eigenvalue weighted by Gasteiger charge is 2.24. The molecular weight excluding hydrogens is 340 g/mol. The summed E-state index contributed by atoms with van der Waals surface area (Å²) in [6, 6.07) is 10.5. The molecule has 6 heteroatoms. The van der Waals surface area contributed by atoms with Gasteiger partial charge in [-0.25, -0.2) is 4.98 Å². The van der Waals surface area contributed by atoms with Crippen molar-refractivity contribution >= 4 is 17.0 Å². The van der Waals surface area contributed by atoms with Crippen LogP contribution in [0.15, 0.2) is 34.9 Å². The summed E-state index contributed by atoms with van der Waals surface area (Å²) in [4.78, 5) is 17.7. The summed E-state index contributed by atoms with van der Waals surface area (Å²) in [6.45, 7) is 6.93. The normalized spacial score (nSPS) is 20.0. The van der Waals surface area contributed by atoms with Gasteiger partial charge < -0.3 is 15.2 Å². The minimum atomic E-state index is -0.0961. The quantitative estimate of drug-likeness (QED) is 0.745. The molecule has 2 N–H and O–H groups in total. The van der Waals surface area contributed by atoms with Crippen molar-refractivity contribution in [3.05, 3.63) is 47.2 Å². The number of hydrogen-bond donors (Lipinski definition) is 2. The van der Waals surface area contributed by atoms with Gasteiger partial charge in [-0.15, -0.1) is 0 Å². The van der Waals surface area contributed by atoms with Crippen LogP contribution in [-0.4, -0.2) is 34.7 Å². The summed E-state index contributed by atoms with van der Waals surface area (Å²) in [5.74, 6) is -0.0961. The van der Waals surface area contributed by atoms with Crippen molar-refractivity contribution in [2.45, 2.75) is 45.7 Å². The van der Waals surface area contributed by atoms with Crippen LogP contribution in [0, 0.1) is 13.8 Å². The number of aryl methyl sites for hydroxylation is 2. The summed E-state index contributed by atoms with van der Waals surface area (Å²) in [7, 11) is 0. The van der Waals surface area contributed by atoms with E-state index in [0.717, 1.165) is 24.9 Å². The van der Waals surface area contributed by atoms with E-state index < -0.39 is 0 Å². The molecule has 1 saturated heterocycles. The minimum Gasteiger partial charge on any atom is -0.349 e. The number of carbonyl (C=O) groups is 1. The van der Waals surface area contributed by atoms with Crippen molar-refractivity contribution < 1.29 is 9.32 Å². The lowest BCUT2D eigenvalue weighted by atomic mass is 9.99. The van der Waals surface area contributed by atoms with Gasteiger partial charge in [-0.3, -0.25) is 4.79 Å². The molecule has 0 radical (unpaired) electrons. The van der Waals surface area contributed by atoms with E-state index in [1.54, 1.807) is 0 Å². The Morgan fingerprint density at radius 1 is 1.26 bits per heavy atom. The number of fused-ring (bicyclic) bond motifs is 1. The zero-order valence-electron chi connectivity index (χ0n) is 15.9. The Morgan fingerprint density at radius 3 is 2.78 bits per heavy atom. The third kappa shape index (κ3) is 3.57. The van der Waals surface area contributed by atoms with Crippen molar-refractivity contribution in [1.29, 1.82) is 0 Å². The van der Waals surface area contributed by atoms with Crippen LogP contribution in [0.3, 0.4) is 0 Å². The molecule has 1 aliphatic rings. The van der Waals surface area contributed by atoms with Crippen LogP contribution in [0.25, 0.3) is 22.4 Å². The van der Waals surface area contributed by atoms with Gasteiger partial charge >= 0.3 is 0 Å². The molecule has 0 bridgehead atoms. The number of amides is 1. The van der Waals surface area contributed by atoms with Gasteiger partial charge in [0.25, 0.3) is 11.6 Å². The summed E-state index contributed by atoms with van der Waals surface area (Å²) in [5, 5.41) is 11.3. The maximum atomic E-state index is 13.1. The number of hydrogen-bond acceptors (Lipinski definition) is 5. The van der Waals surface area contributed by atoms with Crippen LogP contribution in [-0.2, 0) is 0 Å². The standard InChI is InChI=1S/C21H24N4O2/c1-12-4-6-15(7-5-12)18-11-17(19-14(3)25-27-21(19)24-18)20(26)23-16-8-9-22-13(2)10-16/h4-7,11,13,16,22H,8-10H2,1-3H3,(H,23,26). The molecule has 2 atom stereocenters. The van der Waals surface area contributed by atoms with Crippen LogP contribution in [0.4, 0.5) is 0 Å². The van der Waals surface area contributed by atoms with E-state index in [1.807, 2.05) is 44.2 Å². The summed E-state index contributed by atoms with van der Waals surface area (Å²) >= 11 is 0. The Balaban J connectivity index is 1.72. The number of pyridine rings is 1. The molecule has 140 valence electrons. The molecule has 0 saturated carbocycles. The highest BCUT2D eigenvalue weighted by Crippen LogP contribution is 2.27. The Hall–Kier alpha value is -2.73. The SMILES string of the molecule is Cc1ccc(-c2cc(C(=O)NC3CCNC(C)C3)c3c(C)noc3n2)cc1. The Labute approximate surface area is 158 Å². The molecule has 6 nitrogen and oxygen atoms in total. The molecule has 3 aromatic rings. The molecular formula is C21H24N4O2. The smallest absolute Gasteiger partial charge is 0.259 e. The largest absolute Gasteiger partial charge is 0.349 e. The lowest BCUT2D eigenvalue weighted by Gasteiger charge is -2.28. The molecule has 1 fully saturated rings. The predicted molar refractivity (Wildman–Crippen MR) is 105 cm³/mol. The zero-order chi connectivity index (χ0) is 19.0. The van der Waals surface area contributed by atoms with Gasteiger partial charge in [0, 0.05) is 17.6 Å². The Morgan fingerprint density at radius 2 is 2.04 bits per heavy atom. The van der Waals surface area contributed by atoms with Gasteiger partial charge in [0.2, 0.25) is 0 Å². The van der Waals surface area contributed by atoms with Crippen molar-refractivity contribution in [3.8, 4) is 11.3 Å². The van der Waals surface area contributed by atoms with Crippen LogP contribution in [0.2, 0.25) is 0 Å². The van der Waals surface area contributed by atoms with Gasteiger partial charge in [0.1, 0.15) is 0 Å². The molecule has 27 heavy (non-hydrogen) atoms. The zero-order valence-corrected chi connectivity index (χ0v) is 15.9. The molecule has 2 unspecified atom stereocenters. The summed E-state index contributed by atoms with van der Waals surface area (Å²) < 4.78 is 5.38. The first kappa shape index (κ1) is 17.7. The highest BCUT2D eigenvalue weighted by molar-refractivity contribution is 6.07. The second-order valence-corrected chi connectivity index (χ2v) is 7.42. The maximum Gasteiger partial charge on any atom is 0.259 e. The van der Waals surface area contributed by atoms with E-state index in [9.17, 15) is 4.79 Å². The van der Waals surface area contributed by atoms with Crippen LogP contribution >= 0.6 is 0 Å². The van der Waals surface area contributed by atoms with Crippen LogP contribution in [0.1, 0.15) is 41.4 Å². The van der Waals surface area contributed by atoms with Crippen molar-refractivity contribution in [2.24, 2.45) is 0 Å². The van der Waals surface area contributed by atoms with Crippen LogP contribution < -0.4 is 10.6 Å². The fraction of sp³-hybridized carbons (Fsp3) is 0.381. The first-order valence-electron chi connectivity index (χ1n) is 9.39. The second-order valence-electron chi connectivity index (χ2n) is 7.42. The number of carbonyl (C=O) groups excluding carboxylic acids is 1. The van der Waals surface area contributed by atoms with Crippen molar-refractivity contribution in [1.82, 2.24) is 20.8 Å². The fourth-order valence-electron chi connectivity index (χ4n) is 3.67. The number of nitrogens with one attached hydrogen (secondary N) is 2. The Bertz CT molecular complexity index is 978. The topological polar surface area (TPSA) is 80.0 Å². The van der Waals surface area contributed by atoms with Gasteiger partial charge in [-0.05, 0) is 46.2 Å². The van der Waals surface area contributed by atoms with E-state index >= 15 is 0 Å². The summed E-state index contributed by atoms with van der Waals surface area (Å²) in [5.41, 5.74) is 4.48. The second kappa shape index (κ2) is 7.12. The lowest BCUT2D eigenvalue weighted by Crippen LogP contribution is -2.46. The molecule has 2 aromatic heterocycles. The van der Waals surface area contributed by atoms with Gasteiger partial charge in [0.15, 0.2) is 0 Å². The monoisotopic (exact) mass is 364 g/mol. The van der Waals surface area contributed by atoms with E-state index in [0.29, 0.717) is 34.1 Å². The average Bonchev–Trinajstić information content (AvgIpc) is 3.03. The number of rotatable bonds is 3. The van der Waals surface area contributed by atoms with Gasteiger partial charge in [-0.1, -0.05) is 35.0 Å². The highest BCUT2D eigenvalue weighted by atomic mass is 16.5. The van der Waals surface area contributed by atoms with E-state index in [1.165, 1.54) is 5.56 Å². The number of aromatic nitrogens is 2. The van der Waals surface area contributed by atoms with Crippen molar-refractivity contribution in [3.63, 3.8) is 0 Å². The van der Waals surface area contributed by atoms with Crippen molar-refractivity contribution in [2.75, 3.05) is 6.54 Å². The Kier molecular flexibility index (Phi) is 4.66. The molecule has 1 aromatic carbocycles. The molecule has 0 aliphatic carbocycles. The fourth-order valence-corrected chi connectivity index (χ4v) is 3.67. The summed E-state index contributed by atoms with van der Waals surface area (Å²) in [6.07, 6.45) is 1.85. The first-order valence-corrected chi connectivity index (χ1v) is 9.39.